The minimum atomic E-state index is -3.66. The molecule has 0 unspecified atom stereocenters. The first-order valence-corrected chi connectivity index (χ1v) is 6.26. The number of nitrogens with zero attached hydrogens (tertiary/aromatic N) is 1. The van der Waals surface area contributed by atoms with Crippen LogP contribution in [-0.4, -0.2) is 19.5 Å². The van der Waals surface area contributed by atoms with Crippen LogP contribution in [0.5, 0.6) is 5.88 Å². The van der Waals surface area contributed by atoms with Crippen molar-refractivity contribution in [3.05, 3.63) is 18.3 Å². The van der Waals surface area contributed by atoms with E-state index in [1.807, 2.05) is 0 Å². The van der Waals surface area contributed by atoms with Gasteiger partial charge in [-0.15, -0.1) is 0 Å². The maximum atomic E-state index is 10.9. The lowest BCUT2D eigenvalue weighted by atomic mass is 9.96. The van der Waals surface area contributed by atoms with Crippen LogP contribution in [-0.2, 0) is 10.0 Å². The Hall–Kier alpha value is -1.14. The van der Waals surface area contributed by atoms with Crippen LogP contribution in [0.25, 0.3) is 0 Å². The number of ether oxygens (including phenoxy) is 1. The summed E-state index contributed by atoms with van der Waals surface area (Å²) in [6, 6.07) is 2.92. The second-order valence-corrected chi connectivity index (χ2v) is 5.11. The van der Waals surface area contributed by atoms with Crippen LogP contribution < -0.4 is 9.88 Å². The van der Waals surface area contributed by atoms with E-state index in [9.17, 15) is 8.42 Å². The molecule has 15 heavy (non-hydrogen) atoms. The fourth-order valence-corrected chi connectivity index (χ4v) is 1.72. The summed E-state index contributed by atoms with van der Waals surface area (Å²) in [5, 5.41) is 4.94. The van der Waals surface area contributed by atoms with Crippen molar-refractivity contribution in [3.63, 3.8) is 0 Å². The molecule has 1 aliphatic carbocycles. The average Bonchev–Trinajstić information content (AvgIpc) is 2.11. The van der Waals surface area contributed by atoms with E-state index in [2.05, 4.69) is 4.98 Å². The van der Waals surface area contributed by atoms with Gasteiger partial charge in [0.05, 0.1) is 6.20 Å². The zero-order valence-corrected chi connectivity index (χ0v) is 8.90. The van der Waals surface area contributed by atoms with E-state index in [1.165, 1.54) is 24.8 Å². The average molecular weight is 228 g/mol. The summed E-state index contributed by atoms with van der Waals surface area (Å²) in [4.78, 5) is 3.89. The predicted octanol–water partition coefficient (Wildman–Crippen LogP) is 0.660. The number of aromatic nitrogens is 1. The summed E-state index contributed by atoms with van der Waals surface area (Å²) < 4.78 is 27.3. The number of nitrogens with two attached hydrogens (primary N) is 1. The normalized spacial score (nSPS) is 17.1. The Morgan fingerprint density at radius 2 is 2.13 bits per heavy atom. The molecule has 0 radical (unpaired) electrons. The maximum Gasteiger partial charge on any atom is 0.239 e. The molecule has 5 nitrogen and oxygen atoms in total. The molecular formula is C9H12N2O3S. The summed E-state index contributed by atoms with van der Waals surface area (Å²) in [7, 11) is -3.66. The molecule has 1 heterocycles. The zero-order chi connectivity index (χ0) is 10.9. The van der Waals surface area contributed by atoms with Crippen LogP contribution in [0.15, 0.2) is 23.2 Å². The molecule has 82 valence electrons. The van der Waals surface area contributed by atoms with Crippen LogP contribution in [0.4, 0.5) is 0 Å². The number of hydrogen-bond donors (Lipinski definition) is 1. The van der Waals surface area contributed by atoms with Crippen molar-refractivity contribution in [1.29, 1.82) is 0 Å². The van der Waals surface area contributed by atoms with E-state index in [-0.39, 0.29) is 11.0 Å². The van der Waals surface area contributed by atoms with E-state index >= 15 is 0 Å². The van der Waals surface area contributed by atoms with Gasteiger partial charge in [-0.05, 0) is 25.3 Å². The topological polar surface area (TPSA) is 82.3 Å². The third-order valence-electron chi connectivity index (χ3n) is 2.38. The molecule has 1 aromatic heterocycles. The lowest BCUT2D eigenvalue weighted by Crippen LogP contribution is -2.25. The summed E-state index contributed by atoms with van der Waals surface area (Å²) in [5.74, 6) is 0.451. The summed E-state index contributed by atoms with van der Waals surface area (Å²) in [6.07, 6.45) is 4.71. The van der Waals surface area contributed by atoms with Gasteiger partial charge in [-0.1, -0.05) is 0 Å². The second kappa shape index (κ2) is 3.79. The number of hydrogen-bond acceptors (Lipinski definition) is 4. The molecule has 0 bridgehead atoms. The first-order chi connectivity index (χ1) is 7.05. The first-order valence-electron chi connectivity index (χ1n) is 4.71. The van der Waals surface area contributed by atoms with Crippen molar-refractivity contribution in [2.45, 2.75) is 30.3 Å². The molecule has 0 amide bonds. The molecule has 2 rings (SSSR count). The fraction of sp³-hybridized carbons (Fsp3) is 0.444. The SMILES string of the molecule is NS(=O)(=O)c1ccc(OC2CCC2)nc1. The molecule has 1 aliphatic rings. The maximum absolute atomic E-state index is 10.9. The first kappa shape index (κ1) is 10.4. The largest absolute Gasteiger partial charge is 0.474 e. The number of pyridine rings is 1. The van der Waals surface area contributed by atoms with Crippen molar-refractivity contribution in [1.82, 2.24) is 4.98 Å². The highest BCUT2D eigenvalue weighted by Gasteiger charge is 2.19. The Morgan fingerprint density at radius 3 is 2.53 bits per heavy atom. The molecule has 1 fully saturated rings. The smallest absolute Gasteiger partial charge is 0.239 e. The predicted molar refractivity (Wildman–Crippen MR) is 53.9 cm³/mol. The van der Waals surface area contributed by atoms with Crippen LogP contribution in [0.1, 0.15) is 19.3 Å². The van der Waals surface area contributed by atoms with Gasteiger partial charge >= 0.3 is 0 Å². The van der Waals surface area contributed by atoms with Crippen molar-refractivity contribution in [2.24, 2.45) is 5.14 Å². The van der Waals surface area contributed by atoms with Crippen molar-refractivity contribution in [3.8, 4) is 5.88 Å². The highest BCUT2D eigenvalue weighted by molar-refractivity contribution is 7.89. The van der Waals surface area contributed by atoms with E-state index in [0.29, 0.717) is 5.88 Å². The van der Waals surface area contributed by atoms with Gasteiger partial charge in [-0.2, -0.15) is 0 Å². The molecule has 1 saturated carbocycles. The molecule has 0 aliphatic heterocycles. The summed E-state index contributed by atoms with van der Waals surface area (Å²) >= 11 is 0. The van der Waals surface area contributed by atoms with Crippen LogP contribution in [0.2, 0.25) is 0 Å². The molecule has 6 heteroatoms. The third kappa shape index (κ3) is 2.45. The summed E-state index contributed by atoms with van der Waals surface area (Å²) in [5.41, 5.74) is 0. The van der Waals surface area contributed by atoms with E-state index in [0.717, 1.165) is 12.8 Å². The molecule has 2 N–H and O–H groups in total. The van der Waals surface area contributed by atoms with Gasteiger partial charge in [-0.3, -0.25) is 0 Å². The van der Waals surface area contributed by atoms with Gasteiger partial charge < -0.3 is 4.74 Å². The minimum absolute atomic E-state index is 0.00320. The molecule has 0 aromatic carbocycles. The van der Waals surface area contributed by atoms with Crippen LogP contribution in [0.3, 0.4) is 0 Å². The van der Waals surface area contributed by atoms with Gasteiger partial charge in [0, 0.05) is 6.07 Å². The Morgan fingerprint density at radius 1 is 1.40 bits per heavy atom. The van der Waals surface area contributed by atoms with E-state index in [1.54, 1.807) is 0 Å². The Bertz CT molecular complexity index is 437. The highest BCUT2D eigenvalue weighted by atomic mass is 32.2. The fourth-order valence-electron chi connectivity index (χ4n) is 1.26. The van der Waals surface area contributed by atoms with Gasteiger partial charge in [0.15, 0.2) is 0 Å². The van der Waals surface area contributed by atoms with Gasteiger partial charge in [0.2, 0.25) is 15.9 Å². The van der Waals surface area contributed by atoms with Gasteiger partial charge in [0.25, 0.3) is 0 Å². The standard InChI is InChI=1S/C9H12N2O3S/c10-15(12,13)8-4-5-9(11-6-8)14-7-2-1-3-7/h4-7H,1-3H2,(H2,10,12,13). The summed E-state index contributed by atoms with van der Waals surface area (Å²) in [6.45, 7) is 0. The molecule has 0 atom stereocenters. The number of rotatable bonds is 3. The highest BCUT2D eigenvalue weighted by Crippen LogP contribution is 2.24. The lowest BCUT2D eigenvalue weighted by molar-refractivity contribution is 0.114. The molecule has 0 spiro atoms. The lowest BCUT2D eigenvalue weighted by Gasteiger charge is -2.25. The molecule has 1 aromatic rings. The second-order valence-electron chi connectivity index (χ2n) is 3.55. The van der Waals surface area contributed by atoms with Crippen molar-refractivity contribution < 1.29 is 13.2 Å². The Balaban J connectivity index is 2.09. The molecule has 0 saturated heterocycles. The van der Waals surface area contributed by atoms with E-state index in [4.69, 9.17) is 9.88 Å². The third-order valence-corrected chi connectivity index (χ3v) is 3.28. The van der Waals surface area contributed by atoms with Crippen LogP contribution >= 0.6 is 0 Å². The van der Waals surface area contributed by atoms with Gasteiger partial charge in [-0.25, -0.2) is 18.5 Å². The Kier molecular flexibility index (Phi) is 2.62. The zero-order valence-electron chi connectivity index (χ0n) is 8.09. The van der Waals surface area contributed by atoms with Crippen molar-refractivity contribution >= 4 is 10.0 Å². The van der Waals surface area contributed by atoms with Gasteiger partial charge in [0.1, 0.15) is 11.0 Å². The molecular weight excluding hydrogens is 216 g/mol. The number of sulfonamides is 1. The van der Waals surface area contributed by atoms with Crippen LogP contribution in [0, 0.1) is 0 Å². The quantitative estimate of drug-likeness (QED) is 0.823. The minimum Gasteiger partial charge on any atom is -0.474 e. The number of primary sulfonamides is 1. The van der Waals surface area contributed by atoms with Crippen molar-refractivity contribution in [2.75, 3.05) is 0 Å². The van der Waals surface area contributed by atoms with E-state index < -0.39 is 10.0 Å². The monoisotopic (exact) mass is 228 g/mol. The Labute approximate surface area is 88.3 Å².